The van der Waals surface area contributed by atoms with Crippen LogP contribution < -0.4 is 10.3 Å². The molecule has 2 aromatic rings. The summed E-state index contributed by atoms with van der Waals surface area (Å²) in [6.45, 7) is 7.10. The number of pyridine rings is 1. The van der Waals surface area contributed by atoms with Gasteiger partial charge in [-0.3, -0.25) is 4.79 Å². The first-order chi connectivity index (χ1) is 13.7. The Hall–Kier alpha value is -2.41. The van der Waals surface area contributed by atoms with Gasteiger partial charge in [-0.15, -0.1) is 0 Å². The summed E-state index contributed by atoms with van der Waals surface area (Å²) < 4.78 is 17.2. The first kappa shape index (κ1) is 19.9. The number of aryl methyl sites for hydroxylation is 1. The summed E-state index contributed by atoms with van der Waals surface area (Å²) in [5, 5.41) is 20.0. The second-order valence-electron chi connectivity index (χ2n) is 8.79. The highest BCUT2D eigenvalue weighted by Gasteiger charge is 2.39. The van der Waals surface area contributed by atoms with E-state index in [-0.39, 0.29) is 22.4 Å². The molecule has 1 fully saturated rings. The van der Waals surface area contributed by atoms with Crippen LogP contribution in [0.2, 0.25) is 0 Å². The van der Waals surface area contributed by atoms with Crippen LogP contribution in [0.3, 0.4) is 0 Å². The standard InChI is InChI=1S/C22H27FN2O4/c1-4-22(3)11-24(8-7-17(22)26)19-13-6-5-12(2)25-10-15(21(28)29)20(27)14(18(13)25)9-16(19)23/h9-10,12,17,26H,4-8,11H2,1-3H3,(H,28,29)/t12?,17-,22?/m0/s1. The largest absolute Gasteiger partial charge is 0.477 e. The highest BCUT2D eigenvalue weighted by atomic mass is 19.1. The van der Waals surface area contributed by atoms with Crippen molar-refractivity contribution in [3.63, 3.8) is 0 Å². The van der Waals surface area contributed by atoms with E-state index in [9.17, 15) is 19.8 Å². The van der Waals surface area contributed by atoms with E-state index in [2.05, 4.69) is 0 Å². The minimum absolute atomic E-state index is 0.0195. The van der Waals surface area contributed by atoms with Crippen LogP contribution in [-0.2, 0) is 6.42 Å². The van der Waals surface area contributed by atoms with Crippen LogP contribution in [0.5, 0.6) is 0 Å². The first-order valence-electron chi connectivity index (χ1n) is 10.2. The van der Waals surface area contributed by atoms with Gasteiger partial charge in [-0.1, -0.05) is 13.8 Å². The van der Waals surface area contributed by atoms with Crippen LogP contribution in [0.15, 0.2) is 17.1 Å². The van der Waals surface area contributed by atoms with Crippen LogP contribution in [0.1, 0.15) is 62.0 Å². The zero-order valence-corrected chi connectivity index (χ0v) is 17.0. The van der Waals surface area contributed by atoms with Gasteiger partial charge in [0.1, 0.15) is 11.4 Å². The SMILES string of the molecule is CCC1(C)CN(c2c(F)cc3c(=O)c(C(=O)O)cn4c3c2CCC4C)CC[C@@H]1O. The monoisotopic (exact) mass is 402 g/mol. The summed E-state index contributed by atoms with van der Waals surface area (Å²) in [6, 6.07) is 1.22. The molecule has 0 amide bonds. The molecule has 3 heterocycles. The molecule has 2 aliphatic rings. The zero-order chi connectivity index (χ0) is 21.1. The van der Waals surface area contributed by atoms with Gasteiger partial charge in [-0.25, -0.2) is 9.18 Å². The lowest BCUT2D eigenvalue weighted by atomic mass is 9.76. The lowest BCUT2D eigenvalue weighted by Gasteiger charge is -2.45. The smallest absolute Gasteiger partial charge is 0.341 e. The number of anilines is 1. The molecule has 156 valence electrons. The zero-order valence-electron chi connectivity index (χ0n) is 17.0. The fraction of sp³-hybridized carbons (Fsp3) is 0.545. The van der Waals surface area contributed by atoms with Gasteiger partial charge in [0.2, 0.25) is 5.43 Å². The van der Waals surface area contributed by atoms with Gasteiger partial charge < -0.3 is 19.7 Å². The Labute approximate surface area is 168 Å². The van der Waals surface area contributed by atoms with Crippen LogP contribution in [0.4, 0.5) is 10.1 Å². The second kappa shape index (κ2) is 6.83. The molecule has 4 rings (SSSR count). The molecule has 2 aliphatic heterocycles. The number of halogens is 1. The Morgan fingerprint density at radius 1 is 1.38 bits per heavy atom. The third-order valence-corrected chi connectivity index (χ3v) is 7.01. The van der Waals surface area contributed by atoms with Gasteiger partial charge in [0, 0.05) is 41.7 Å². The van der Waals surface area contributed by atoms with Gasteiger partial charge in [-0.2, -0.15) is 0 Å². The molecule has 0 spiro atoms. The molecule has 1 aromatic heterocycles. The van der Waals surface area contributed by atoms with Crippen LogP contribution in [-0.4, -0.2) is 39.9 Å². The van der Waals surface area contributed by atoms with Crippen molar-refractivity contribution in [1.82, 2.24) is 4.57 Å². The van der Waals surface area contributed by atoms with Gasteiger partial charge in [0.25, 0.3) is 0 Å². The van der Waals surface area contributed by atoms with E-state index in [0.717, 1.165) is 18.4 Å². The van der Waals surface area contributed by atoms with Crippen molar-refractivity contribution in [2.75, 3.05) is 18.0 Å². The first-order valence-corrected chi connectivity index (χ1v) is 10.2. The lowest BCUT2D eigenvalue weighted by Crippen LogP contribution is -2.50. The molecule has 0 aliphatic carbocycles. The van der Waals surface area contributed by atoms with Crippen molar-refractivity contribution in [3.8, 4) is 0 Å². The molecule has 1 aromatic carbocycles. The maximum atomic E-state index is 15.4. The lowest BCUT2D eigenvalue weighted by molar-refractivity contribution is 0.0182. The van der Waals surface area contributed by atoms with Gasteiger partial charge in [0.05, 0.1) is 17.3 Å². The molecule has 0 saturated carbocycles. The van der Waals surface area contributed by atoms with Crippen molar-refractivity contribution in [2.24, 2.45) is 5.41 Å². The molecular weight excluding hydrogens is 375 g/mol. The highest BCUT2D eigenvalue weighted by Crippen LogP contribution is 2.42. The van der Waals surface area contributed by atoms with E-state index in [4.69, 9.17) is 0 Å². The fourth-order valence-corrected chi connectivity index (χ4v) is 4.91. The van der Waals surface area contributed by atoms with Crippen molar-refractivity contribution in [2.45, 2.75) is 58.6 Å². The van der Waals surface area contributed by atoms with E-state index in [0.29, 0.717) is 37.1 Å². The summed E-state index contributed by atoms with van der Waals surface area (Å²) in [6.07, 6.45) is 3.67. The molecule has 29 heavy (non-hydrogen) atoms. The van der Waals surface area contributed by atoms with E-state index >= 15 is 4.39 Å². The Balaban J connectivity index is 1.97. The minimum atomic E-state index is -1.30. The predicted octanol–water partition coefficient (Wildman–Crippen LogP) is 3.33. The van der Waals surface area contributed by atoms with Crippen LogP contribution >= 0.6 is 0 Å². The number of aromatic nitrogens is 1. The average molecular weight is 402 g/mol. The average Bonchev–Trinajstić information content (AvgIpc) is 2.68. The quantitative estimate of drug-likeness (QED) is 0.823. The third-order valence-electron chi connectivity index (χ3n) is 7.01. The highest BCUT2D eigenvalue weighted by molar-refractivity contribution is 5.95. The molecule has 1 saturated heterocycles. The van der Waals surface area contributed by atoms with Crippen molar-refractivity contribution < 1.29 is 19.4 Å². The third kappa shape index (κ3) is 2.94. The number of carboxylic acid groups (broad SMARTS) is 1. The number of piperidine rings is 1. The van der Waals surface area contributed by atoms with E-state index < -0.39 is 23.3 Å². The Kier molecular flexibility index (Phi) is 4.69. The number of benzene rings is 1. The predicted molar refractivity (Wildman–Crippen MR) is 109 cm³/mol. The number of rotatable bonds is 3. The molecule has 0 radical (unpaired) electrons. The molecule has 3 atom stereocenters. The van der Waals surface area contributed by atoms with Crippen molar-refractivity contribution in [1.29, 1.82) is 0 Å². The number of carbonyl (C=O) groups is 1. The minimum Gasteiger partial charge on any atom is -0.477 e. The van der Waals surface area contributed by atoms with E-state index in [1.54, 1.807) is 0 Å². The molecule has 6 nitrogen and oxygen atoms in total. The van der Waals surface area contributed by atoms with Gasteiger partial charge in [0.15, 0.2) is 0 Å². The maximum Gasteiger partial charge on any atom is 0.341 e. The molecule has 2 N–H and O–H groups in total. The van der Waals surface area contributed by atoms with E-state index in [1.165, 1.54) is 12.3 Å². The van der Waals surface area contributed by atoms with Gasteiger partial charge >= 0.3 is 5.97 Å². The van der Waals surface area contributed by atoms with Gasteiger partial charge in [-0.05, 0) is 38.7 Å². The number of nitrogens with zero attached hydrogens (tertiary/aromatic N) is 2. The summed E-state index contributed by atoms with van der Waals surface area (Å²) in [5.41, 5.74) is 0.593. The second-order valence-corrected chi connectivity index (χ2v) is 8.79. The normalized spacial score (nSPS) is 26.7. The molecule has 0 bridgehead atoms. The number of carboxylic acids is 1. The van der Waals surface area contributed by atoms with Crippen molar-refractivity contribution in [3.05, 3.63) is 39.4 Å². The van der Waals surface area contributed by atoms with Crippen LogP contribution in [0.25, 0.3) is 10.9 Å². The summed E-state index contributed by atoms with van der Waals surface area (Å²) in [4.78, 5) is 26.3. The fourth-order valence-electron chi connectivity index (χ4n) is 4.91. The number of aliphatic hydroxyl groups excluding tert-OH is 1. The Morgan fingerprint density at radius 2 is 2.10 bits per heavy atom. The topological polar surface area (TPSA) is 82.8 Å². The molecule has 2 unspecified atom stereocenters. The van der Waals surface area contributed by atoms with Crippen molar-refractivity contribution >= 4 is 22.6 Å². The number of aromatic carboxylic acids is 1. The number of hydrogen-bond donors (Lipinski definition) is 2. The Bertz CT molecular complexity index is 1060. The summed E-state index contributed by atoms with van der Waals surface area (Å²) in [5.74, 6) is -1.80. The number of hydrogen-bond acceptors (Lipinski definition) is 4. The summed E-state index contributed by atoms with van der Waals surface area (Å²) >= 11 is 0. The maximum absolute atomic E-state index is 15.4. The Morgan fingerprint density at radius 3 is 2.76 bits per heavy atom. The van der Waals surface area contributed by atoms with Crippen LogP contribution in [0, 0.1) is 11.2 Å². The molecule has 7 heteroatoms. The summed E-state index contributed by atoms with van der Waals surface area (Å²) in [7, 11) is 0. The van der Waals surface area contributed by atoms with E-state index in [1.807, 2.05) is 30.2 Å². The number of aliphatic hydroxyl groups is 1. The molecular formula is C22H27FN2O4.